The molecule has 0 spiro atoms. The summed E-state index contributed by atoms with van der Waals surface area (Å²) in [7, 11) is 0. The molecule has 0 bridgehead atoms. The van der Waals surface area contributed by atoms with Gasteiger partial charge in [-0.15, -0.1) is 0 Å². The monoisotopic (exact) mass is 245 g/mol. The van der Waals surface area contributed by atoms with Crippen LogP contribution in [-0.2, 0) is 0 Å². The zero-order valence-corrected chi connectivity index (χ0v) is 9.87. The maximum atomic E-state index is 13.9. The predicted molar refractivity (Wildman–Crippen MR) is 60.9 cm³/mol. The van der Waals surface area contributed by atoms with Crippen molar-refractivity contribution in [3.05, 3.63) is 33.9 Å². The number of halogens is 3. The first kappa shape index (κ1) is 11.8. The standard InChI is InChI=1S/C12H14ClF2N/c1-7-6-9(13)12(15)10(11(7)14)8-2-4-16-5-3-8/h6,8,16H,2-5H2,1H3. The van der Waals surface area contributed by atoms with E-state index < -0.39 is 11.6 Å². The highest BCUT2D eigenvalue weighted by atomic mass is 35.5. The molecule has 1 aromatic carbocycles. The van der Waals surface area contributed by atoms with Crippen molar-refractivity contribution in [1.29, 1.82) is 0 Å². The van der Waals surface area contributed by atoms with Crippen LogP contribution in [0.15, 0.2) is 6.07 Å². The van der Waals surface area contributed by atoms with Crippen LogP contribution in [0.25, 0.3) is 0 Å². The first-order valence-electron chi connectivity index (χ1n) is 5.46. The normalized spacial score (nSPS) is 17.8. The SMILES string of the molecule is Cc1cc(Cl)c(F)c(C2CCNCC2)c1F. The summed E-state index contributed by atoms with van der Waals surface area (Å²) in [5, 5.41) is 3.20. The van der Waals surface area contributed by atoms with Crippen LogP contribution in [0.4, 0.5) is 8.78 Å². The summed E-state index contributed by atoms with van der Waals surface area (Å²) in [5.74, 6) is -1.08. The average Bonchev–Trinajstić information content (AvgIpc) is 2.28. The highest BCUT2D eigenvalue weighted by Gasteiger charge is 2.25. The van der Waals surface area contributed by atoms with Crippen LogP contribution >= 0.6 is 11.6 Å². The lowest BCUT2D eigenvalue weighted by atomic mass is 9.88. The topological polar surface area (TPSA) is 12.0 Å². The van der Waals surface area contributed by atoms with Crippen LogP contribution < -0.4 is 5.32 Å². The Morgan fingerprint density at radius 1 is 1.25 bits per heavy atom. The minimum absolute atomic E-state index is 0.0208. The van der Waals surface area contributed by atoms with E-state index in [0.29, 0.717) is 5.56 Å². The average molecular weight is 246 g/mol. The van der Waals surface area contributed by atoms with E-state index in [2.05, 4.69) is 5.32 Å². The molecule has 1 aliphatic heterocycles. The van der Waals surface area contributed by atoms with Crippen molar-refractivity contribution >= 4 is 11.6 Å². The summed E-state index contributed by atoms with van der Waals surface area (Å²) in [6.07, 6.45) is 1.52. The van der Waals surface area contributed by atoms with Gasteiger partial charge in [-0.05, 0) is 50.4 Å². The molecule has 0 unspecified atom stereocenters. The van der Waals surface area contributed by atoms with Gasteiger partial charge in [0.25, 0.3) is 0 Å². The smallest absolute Gasteiger partial charge is 0.148 e. The van der Waals surface area contributed by atoms with Gasteiger partial charge in [0.1, 0.15) is 11.6 Å². The number of aryl methyl sites for hydroxylation is 1. The molecular weight excluding hydrogens is 232 g/mol. The number of rotatable bonds is 1. The van der Waals surface area contributed by atoms with Gasteiger partial charge in [0, 0.05) is 5.56 Å². The fraction of sp³-hybridized carbons (Fsp3) is 0.500. The van der Waals surface area contributed by atoms with Crippen LogP contribution in [0.2, 0.25) is 5.02 Å². The number of hydrogen-bond donors (Lipinski definition) is 1. The van der Waals surface area contributed by atoms with Crippen LogP contribution in [0.1, 0.15) is 29.9 Å². The van der Waals surface area contributed by atoms with Gasteiger partial charge in [-0.2, -0.15) is 0 Å². The molecule has 0 atom stereocenters. The Bertz CT molecular complexity index is 374. The number of benzene rings is 1. The minimum atomic E-state index is -0.586. The summed E-state index contributed by atoms with van der Waals surface area (Å²) >= 11 is 5.75. The molecule has 1 aliphatic rings. The third-order valence-electron chi connectivity index (χ3n) is 3.12. The lowest BCUT2D eigenvalue weighted by Gasteiger charge is -2.24. The zero-order chi connectivity index (χ0) is 11.7. The molecule has 1 saturated heterocycles. The summed E-state index contributed by atoms with van der Waals surface area (Å²) in [6, 6.07) is 1.34. The van der Waals surface area contributed by atoms with Gasteiger partial charge in [-0.25, -0.2) is 8.78 Å². The molecule has 1 aromatic rings. The molecular formula is C12H14ClF2N. The highest BCUT2D eigenvalue weighted by molar-refractivity contribution is 6.30. The largest absolute Gasteiger partial charge is 0.317 e. The fourth-order valence-electron chi connectivity index (χ4n) is 2.22. The number of nitrogens with one attached hydrogen (secondary N) is 1. The zero-order valence-electron chi connectivity index (χ0n) is 9.12. The van der Waals surface area contributed by atoms with E-state index in [-0.39, 0.29) is 16.5 Å². The third-order valence-corrected chi connectivity index (χ3v) is 3.39. The Hall–Kier alpha value is -0.670. The van der Waals surface area contributed by atoms with Gasteiger partial charge in [0.2, 0.25) is 0 Å². The summed E-state index contributed by atoms with van der Waals surface area (Å²) < 4.78 is 27.7. The first-order chi connectivity index (χ1) is 7.61. The van der Waals surface area contributed by atoms with E-state index >= 15 is 0 Å². The van der Waals surface area contributed by atoms with Crippen LogP contribution in [0.3, 0.4) is 0 Å². The molecule has 0 amide bonds. The molecule has 1 fully saturated rings. The molecule has 2 rings (SSSR count). The van der Waals surface area contributed by atoms with E-state index in [4.69, 9.17) is 11.6 Å². The lowest BCUT2D eigenvalue weighted by molar-refractivity contribution is 0.425. The minimum Gasteiger partial charge on any atom is -0.317 e. The van der Waals surface area contributed by atoms with E-state index in [1.165, 1.54) is 6.07 Å². The summed E-state index contributed by atoms with van der Waals surface area (Å²) in [5.41, 5.74) is 0.589. The second-order valence-corrected chi connectivity index (χ2v) is 4.65. The molecule has 1 nitrogen and oxygen atoms in total. The van der Waals surface area contributed by atoms with Crippen LogP contribution in [-0.4, -0.2) is 13.1 Å². The van der Waals surface area contributed by atoms with Crippen molar-refractivity contribution < 1.29 is 8.78 Å². The Morgan fingerprint density at radius 3 is 2.50 bits per heavy atom. The fourth-order valence-corrected chi connectivity index (χ4v) is 2.49. The second-order valence-electron chi connectivity index (χ2n) is 4.24. The maximum Gasteiger partial charge on any atom is 0.148 e. The number of piperidine rings is 1. The molecule has 88 valence electrons. The molecule has 1 N–H and O–H groups in total. The molecule has 1 heterocycles. The van der Waals surface area contributed by atoms with Crippen molar-refractivity contribution in [2.24, 2.45) is 0 Å². The van der Waals surface area contributed by atoms with Gasteiger partial charge >= 0.3 is 0 Å². The van der Waals surface area contributed by atoms with Gasteiger partial charge in [0.05, 0.1) is 5.02 Å². The quantitative estimate of drug-likeness (QED) is 0.748. The van der Waals surface area contributed by atoms with E-state index in [9.17, 15) is 8.78 Å². The van der Waals surface area contributed by atoms with E-state index in [1.807, 2.05) is 0 Å². The van der Waals surface area contributed by atoms with Crippen molar-refractivity contribution in [1.82, 2.24) is 5.32 Å². The lowest BCUT2D eigenvalue weighted by Crippen LogP contribution is -2.27. The molecule has 0 radical (unpaired) electrons. The Balaban J connectivity index is 2.45. The Labute approximate surface area is 98.8 Å². The maximum absolute atomic E-state index is 13.9. The van der Waals surface area contributed by atoms with Crippen molar-refractivity contribution in [2.45, 2.75) is 25.7 Å². The summed E-state index contributed by atoms with van der Waals surface area (Å²) in [6.45, 7) is 3.22. The first-order valence-corrected chi connectivity index (χ1v) is 5.83. The predicted octanol–water partition coefficient (Wildman–Crippen LogP) is 3.39. The Kier molecular flexibility index (Phi) is 3.45. The molecule has 0 saturated carbocycles. The van der Waals surface area contributed by atoms with Gasteiger partial charge in [-0.1, -0.05) is 11.6 Å². The third kappa shape index (κ3) is 2.06. The number of hydrogen-bond acceptors (Lipinski definition) is 1. The summed E-state index contributed by atoms with van der Waals surface area (Å²) in [4.78, 5) is 0. The van der Waals surface area contributed by atoms with E-state index in [1.54, 1.807) is 6.92 Å². The van der Waals surface area contributed by atoms with Gasteiger partial charge < -0.3 is 5.32 Å². The van der Waals surface area contributed by atoms with Gasteiger partial charge in [-0.3, -0.25) is 0 Å². The van der Waals surface area contributed by atoms with Crippen molar-refractivity contribution in [3.8, 4) is 0 Å². The van der Waals surface area contributed by atoms with Crippen molar-refractivity contribution in [3.63, 3.8) is 0 Å². The van der Waals surface area contributed by atoms with Crippen LogP contribution in [0, 0.1) is 18.6 Å². The second kappa shape index (κ2) is 4.68. The van der Waals surface area contributed by atoms with Crippen molar-refractivity contribution in [2.75, 3.05) is 13.1 Å². The van der Waals surface area contributed by atoms with E-state index in [0.717, 1.165) is 25.9 Å². The van der Waals surface area contributed by atoms with Crippen LogP contribution in [0.5, 0.6) is 0 Å². The molecule has 0 aromatic heterocycles. The highest BCUT2D eigenvalue weighted by Crippen LogP contribution is 2.34. The Morgan fingerprint density at radius 2 is 1.88 bits per heavy atom. The molecule has 4 heteroatoms. The molecule has 0 aliphatic carbocycles. The molecule has 16 heavy (non-hydrogen) atoms. The van der Waals surface area contributed by atoms with Gasteiger partial charge in [0.15, 0.2) is 0 Å².